The fourth-order valence-corrected chi connectivity index (χ4v) is 2.94. The number of Topliss-reactive ketones (excluding diaryl/α,β-unsaturated/α-hetero) is 1. The number of ketones is 1. The smallest absolute Gasteiger partial charge is 0.179 e. The van der Waals surface area contributed by atoms with Gasteiger partial charge in [-0.2, -0.15) is 0 Å². The van der Waals surface area contributed by atoms with Crippen LogP contribution in [0.4, 0.5) is 0 Å². The molecular weight excluding hydrogens is 234 g/mol. The van der Waals surface area contributed by atoms with Gasteiger partial charge in [-0.15, -0.1) is 0 Å². The summed E-state index contributed by atoms with van der Waals surface area (Å²) >= 11 is 0. The van der Waals surface area contributed by atoms with Gasteiger partial charge in [0.05, 0.1) is 6.04 Å². The lowest BCUT2D eigenvalue weighted by Crippen LogP contribution is -2.37. The standard InChI is InChI=1S/C17H25NO/c1-5-15-8-9-18(11-15)14(4)17(19)16-10-12(2)6-7-13(16)3/h6-7,10,14-15H,5,8-9,11H2,1-4H3. The Morgan fingerprint density at radius 2 is 2.16 bits per heavy atom. The van der Waals surface area contributed by atoms with Gasteiger partial charge in [0.2, 0.25) is 0 Å². The Bertz CT molecular complexity index is 466. The van der Waals surface area contributed by atoms with E-state index in [0.717, 1.165) is 35.7 Å². The molecule has 0 aromatic heterocycles. The molecular formula is C17H25NO. The first-order chi connectivity index (χ1) is 9.02. The lowest BCUT2D eigenvalue weighted by Gasteiger charge is -2.24. The van der Waals surface area contributed by atoms with Crippen molar-refractivity contribution in [2.24, 2.45) is 5.92 Å². The van der Waals surface area contributed by atoms with Crippen LogP contribution in [0.1, 0.15) is 48.2 Å². The molecule has 0 spiro atoms. The van der Waals surface area contributed by atoms with Crippen molar-refractivity contribution in [2.75, 3.05) is 13.1 Å². The molecule has 0 radical (unpaired) electrons. The van der Waals surface area contributed by atoms with Crippen LogP contribution in [-0.2, 0) is 0 Å². The highest BCUT2D eigenvalue weighted by Crippen LogP contribution is 2.23. The molecule has 1 saturated heterocycles. The summed E-state index contributed by atoms with van der Waals surface area (Å²) in [5.74, 6) is 1.05. The average molecular weight is 259 g/mol. The summed E-state index contributed by atoms with van der Waals surface area (Å²) in [6.07, 6.45) is 2.46. The quantitative estimate of drug-likeness (QED) is 0.770. The maximum atomic E-state index is 12.7. The zero-order chi connectivity index (χ0) is 14.0. The molecule has 1 aromatic rings. The summed E-state index contributed by atoms with van der Waals surface area (Å²) in [4.78, 5) is 15.0. The van der Waals surface area contributed by atoms with E-state index in [1.54, 1.807) is 0 Å². The summed E-state index contributed by atoms with van der Waals surface area (Å²) in [5, 5.41) is 0. The normalized spacial score (nSPS) is 21.6. The number of benzene rings is 1. The van der Waals surface area contributed by atoms with Gasteiger partial charge in [-0.05, 0) is 51.3 Å². The Hall–Kier alpha value is -1.15. The fourth-order valence-electron chi connectivity index (χ4n) is 2.94. The van der Waals surface area contributed by atoms with E-state index in [0.29, 0.717) is 0 Å². The minimum atomic E-state index is 0.0112. The van der Waals surface area contributed by atoms with E-state index >= 15 is 0 Å². The molecule has 104 valence electrons. The van der Waals surface area contributed by atoms with Crippen molar-refractivity contribution in [3.63, 3.8) is 0 Å². The number of nitrogens with zero attached hydrogens (tertiary/aromatic N) is 1. The van der Waals surface area contributed by atoms with Gasteiger partial charge in [-0.3, -0.25) is 9.69 Å². The highest BCUT2D eigenvalue weighted by Gasteiger charge is 2.29. The first-order valence-electron chi connectivity index (χ1n) is 7.38. The molecule has 0 saturated carbocycles. The van der Waals surface area contributed by atoms with E-state index in [9.17, 15) is 4.79 Å². The molecule has 19 heavy (non-hydrogen) atoms. The summed E-state index contributed by atoms with van der Waals surface area (Å²) in [5.41, 5.74) is 3.15. The third kappa shape index (κ3) is 3.06. The summed E-state index contributed by atoms with van der Waals surface area (Å²) in [6.45, 7) is 10.5. The lowest BCUT2D eigenvalue weighted by molar-refractivity contribution is 0.0862. The minimum absolute atomic E-state index is 0.0112. The van der Waals surface area contributed by atoms with Crippen molar-refractivity contribution in [3.05, 3.63) is 34.9 Å². The van der Waals surface area contributed by atoms with E-state index < -0.39 is 0 Å². The Morgan fingerprint density at radius 3 is 2.79 bits per heavy atom. The predicted molar refractivity (Wildman–Crippen MR) is 79.7 cm³/mol. The van der Waals surface area contributed by atoms with Gasteiger partial charge >= 0.3 is 0 Å². The molecule has 2 nitrogen and oxygen atoms in total. The number of hydrogen-bond acceptors (Lipinski definition) is 2. The topological polar surface area (TPSA) is 20.3 Å². The van der Waals surface area contributed by atoms with Crippen LogP contribution in [0.3, 0.4) is 0 Å². The molecule has 1 fully saturated rings. The SMILES string of the molecule is CCC1CCN(C(C)C(=O)c2cc(C)ccc2C)C1. The largest absolute Gasteiger partial charge is 0.293 e. The van der Waals surface area contributed by atoms with Crippen molar-refractivity contribution in [1.82, 2.24) is 4.90 Å². The molecule has 1 aliphatic heterocycles. The van der Waals surface area contributed by atoms with Crippen LogP contribution in [0.5, 0.6) is 0 Å². The van der Waals surface area contributed by atoms with Gasteiger partial charge < -0.3 is 0 Å². The van der Waals surface area contributed by atoms with Crippen LogP contribution >= 0.6 is 0 Å². The van der Waals surface area contributed by atoms with Crippen LogP contribution in [0.25, 0.3) is 0 Å². The Labute approximate surface area is 116 Å². The molecule has 0 aliphatic carbocycles. The number of carbonyl (C=O) groups excluding carboxylic acids is 1. The predicted octanol–water partition coefficient (Wildman–Crippen LogP) is 3.61. The third-order valence-corrected chi connectivity index (χ3v) is 4.48. The van der Waals surface area contributed by atoms with Gasteiger partial charge in [-0.25, -0.2) is 0 Å². The number of likely N-dealkylation sites (tertiary alicyclic amines) is 1. The molecule has 1 heterocycles. The van der Waals surface area contributed by atoms with Crippen molar-refractivity contribution in [1.29, 1.82) is 0 Å². The Balaban J connectivity index is 2.13. The molecule has 0 amide bonds. The molecule has 0 bridgehead atoms. The third-order valence-electron chi connectivity index (χ3n) is 4.48. The molecule has 2 unspecified atom stereocenters. The number of carbonyl (C=O) groups is 1. The molecule has 1 aromatic carbocycles. The molecule has 1 aliphatic rings. The van der Waals surface area contributed by atoms with Gasteiger partial charge in [0.15, 0.2) is 5.78 Å². The number of rotatable bonds is 4. The first-order valence-corrected chi connectivity index (χ1v) is 7.38. The Kier molecular flexibility index (Phi) is 4.41. The van der Waals surface area contributed by atoms with E-state index in [1.807, 2.05) is 26.0 Å². The maximum Gasteiger partial charge on any atom is 0.179 e. The van der Waals surface area contributed by atoms with Crippen LogP contribution in [0.15, 0.2) is 18.2 Å². The second-order valence-electron chi connectivity index (χ2n) is 5.92. The maximum absolute atomic E-state index is 12.7. The highest BCUT2D eigenvalue weighted by atomic mass is 16.1. The highest BCUT2D eigenvalue weighted by molar-refractivity contribution is 6.01. The summed E-state index contributed by atoms with van der Waals surface area (Å²) < 4.78 is 0. The van der Waals surface area contributed by atoms with E-state index in [1.165, 1.54) is 12.8 Å². The van der Waals surface area contributed by atoms with Crippen molar-refractivity contribution < 1.29 is 4.79 Å². The van der Waals surface area contributed by atoms with E-state index in [2.05, 4.69) is 24.8 Å². The average Bonchev–Trinajstić information content (AvgIpc) is 2.88. The van der Waals surface area contributed by atoms with E-state index in [4.69, 9.17) is 0 Å². The fraction of sp³-hybridized carbons (Fsp3) is 0.588. The minimum Gasteiger partial charge on any atom is -0.293 e. The van der Waals surface area contributed by atoms with Gasteiger partial charge in [-0.1, -0.05) is 31.0 Å². The van der Waals surface area contributed by atoms with Crippen LogP contribution in [0.2, 0.25) is 0 Å². The molecule has 0 N–H and O–H groups in total. The van der Waals surface area contributed by atoms with Crippen LogP contribution < -0.4 is 0 Å². The van der Waals surface area contributed by atoms with E-state index in [-0.39, 0.29) is 11.8 Å². The lowest BCUT2D eigenvalue weighted by atomic mass is 9.97. The summed E-state index contributed by atoms with van der Waals surface area (Å²) in [6, 6.07) is 6.16. The van der Waals surface area contributed by atoms with Crippen LogP contribution in [-0.4, -0.2) is 29.8 Å². The van der Waals surface area contributed by atoms with Gasteiger partial charge in [0.25, 0.3) is 0 Å². The monoisotopic (exact) mass is 259 g/mol. The zero-order valence-electron chi connectivity index (χ0n) is 12.6. The molecule has 2 heteroatoms. The zero-order valence-corrected chi connectivity index (χ0v) is 12.6. The number of hydrogen-bond donors (Lipinski definition) is 0. The summed E-state index contributed by atoms with van der Waals surface area (Å²) in [7, 11) is 0. The van der Waals surface area contributed by atoms with Crippen molar-refractivity contribution in [3.8, 4) is 0 Å². The van der Waals surface area contributed by atoms with Crippen LogP contribution in [0, 0.1) is 19.8 Å². The van der Waals surface area contributed by atoms with Crippen molar-refractivity contribution in [2.45, 2.75) is 46.6 Å². The second kappa shape index (κ2) is 5.87. The second-order valence-corrected chi connectivity index (χ2v) is 5.92. The first kappa shape index (κ1) is 14.3. The van der Waals surface area contributed by atoms with Gasteiger partial charge in [0.1, 0.15) is 0 Å². The van der Waals surface area contributed by atoms with Gasteiger partial charge in [0, 0.05) is 12.1 Å². The number of aryl methyl sites for hydroxylation is 2. The Morgan fingerprint density at radius 1 is 1.42 bits per heavy atom. The van der Waals surface area contributed by atoms with Crippen molar-refractivity contribution >= 4 is 5.78 Å². The molecule has 2 atom stereocenters. The molecule has 2 rings (SSSR count).